The van der Waals surface area contributed by atoms with Crippen molar-refractivity contribution in [2.24, 2.45) is 17.3 Å². The number of ketones is 1. The lowest BCUT2D eigenvalue weighted by Crippen LogP contribution is -2.24. The molecule has 11 heavy (non-hydrogen) atoms. The Morgan fingerprint density at radius 1 is 1.45 bits per heavy atom. The van der Waals surface area contributed by atoms with Crippen molar-refractivity contribution in [1.29, 1.82) is 0 Å². The van der Waals surface area contributed by atoms with E-state index in [1.165, 1.54) is 6.42 Å². The molecule has 0 amide bonds. The van der Waals surface area contributed by atoms with E-state index >= 15 is 0 Å². The molecule has 0 aromatic heterocycles. The highest BCUT2D eigenvalue weighted by Gasteiger charge is 2.51. The van der Waals surface area contributed by atoms with Crippen LogP contribution in [0.15, 0.2) is 0 Å². The molecule has 0 N–H and O–H groups in total. The van der Waals surface area contributed by atoms with Crippen LogP contribution in [0.1, 0.15) is 39.5 Å². The fourth-order valence-electron chi connectivity index (χ4n) is 2.94. The number of hydrogen-bond donors (Lipinski definition) is 0. The van der Waals surface area contributed by atoms with E-state index < -0.39 is 0 Å². The van der Waals surface area contributed by atoms with Crippen LogP contribution < -0.4 is 0 Å². The molecule has 0 aromatic carbocycles. The first-order chi connectivity index (χ1) is 5.14. The van der Waals surface area contributed by atoms with Crippen molar-refractivity contribution in [3.8, 4) is 0 Å². The van der Waals surface area contributed by atoms with Gasteiger partial charge in [-0.05, 0) is 30.6 Å². The Hall–Kier alpha value is -0.330. The molecule has 2 rings (SSSR count). The van der Waals surface area contributed by atoms with E-state index in [-0.39, 0.29) is 0 Å². The number of carbonyl (C=O) groups excluding carboxylic acids is 1. The first-order valence-corrected chi connectivity index (χ1v) is 4.67. The van der Waals surface area contributed by atoms with E-state index in [2.05, 4.69) is 13.8 Å². The summed E-state index contributed by atoms with van der Waals surface area (Å²) in [5.41, 5.74) is 0.386. The Kier molecular flexibility index (Phi) is 1.39. The highest BCUT2D eigenvalue weighted by Crippen LogP contribution is 2.55. The second-order valence-corrected chi connectivity index (χ2v) is 4.50. The fraction of sp³-hybridized carbons (Fsp3) is 0.900. The Bertz CT molecular complexity index is 197. The average molecular weight is 152 g/mol. The number of hydrogen-bond acceptors (Lipinski definition) is 1. The molecule has 2 aliphatic carbocycles. The average Bonchev–Trinajstić information content (AvgIpc) is 2.39. The number of rotatable bonds is 0. The monoisotopic (exact) mass is 152 g/mol. The van der Waals surface area contributed by atoms with Gasteiger partial charge in [-0.3, -0.25) is 4.79 Å². The van der Waals surface area contributed by atoms with Gasteiger partial charge in [0.1, 0.15) is 5.78 Å². The zero-order valence-corrected chi connectivity index (χ0v) is 7.39. The van der Waals surface area contributed by atoms with Crippen LogP contribution in [0.2, 0.25) is 0 Å². The zero-order valence-electron chi connectivity index (χ0n) is 7.39. The van der Waals surface area contributed by atoms with Gasteiger partial charge in [0.15, 0.2) is 0 Å². The van der Waals surface area contributed by atoms with Crippen LogP contribution in [0.25, 0.3) is 0 Å². The van der Waals surface area contributed by atoms with Gasteiger partial charge in [0.2, 0.25) is 0 Å². The molecule has 0 heterocycles. The van der Waals surface area contributed by atoms with E-state index in [0.29, 0.717) is 17.1 Å². The van der Waals surface area contributed by atoms with Gasteiger partial charge in [0, 0.05) is 12.3 Å². The third kappa shape index (κ3) is 0.800. The third-order valence-electron chi connectivity index (χ3n) is 4.11. The van der Waals surface area contributed by atoms with E-state index in [4.69, 9.17) is 0 Å². The molecular formula is C10H16O. The summed E-state index contributed by atoms with van der Waals surface area (Å²) in [4.78, 5) is 11.4. The summed E-state index contributed by atoms with van der Waals surface area (Å²) in [6.45, 7) is 4.61. The molecule has 62 valence electrons. The predicted molar refractivity (Wildman–Crippen MR) is 44.2 cm³/mol. The van der Waals surface area contributed by atoms with Gasteiger partial charge in [-0.25, -0.2) is 0 Å². The van der Waals surface area contributed by atoms with Crippen molar-refractivity contribution < 1.29 is 4.79 Å². The second-order valence-electron chi connectivity index (χ2n) is 4.50. The lowest BCUT2D eigenvalue weighted by atomic mass is 9.76. The third-order valence-corrected chi connectivity index (χ3v) is 4.11. The summed E-state index contributed by atoms with van der Waals surface area (Å²) in [6.07, 6.45) is 4.44. The smallest absolute Gasteiger partial charge is 0.136 e. The zero-order chi connectivity index (χ0) is 8.06. The van der Waals surface area contributed by atoms with E-state index in [9.17, 15) is 4.79 Å². The fourth-order valence-corrected chi connectivity index (χ4v) is 2.94. The Labute approximate surface area is 68.2 Å². The molecule has 0 aliphatic heterocycles. The highest BCUT2D eigenvalue weighted by atomic mass is 16.1. The maximum Gasteiger partial charge on any atom is 0.136 e. The quantitative estimate of drug-likeness (QED) is 0.521. The number of fused-ring (bicyclic) bond motifs is 1. The van der Waals surface area contributed by atoms with Crippen molar-refractivity contribution in [1.82, 2.24) is 0 Å². The number of carbonyl (C=O) groups is 1. The summed E-state index contributed by atoms with van der Waals surface area (Å²) in [5, 5.41) is 0. The van der Waals surface area contributed by atoms with E-state index in [0.717, 1.165) is 25.2 Å². The van der Waals surface area contributed by atoms with Crippen LogP contribution in [0, 0.1) is 17.3 Å². The van der Waals surface area contributed by atoms with Gasteiger partial charge in [-0.2, -0.15) is 0 Å². The van der Waals surface area contributed by atoms with Gasteiger partial charge >= 0.3 is 0 Å². The summed E-state index contributed by atoms with van der Waals surface area (Å²) in [7, 11) is 0. The van der Waals surface area contributed by atoms with Gasteiger partial charge < -0.3 is 0 Å². The summed E-state index contributed by atoms with van der Waals surface area (Å²) >= 11 is 0. The molecule has 0 spiro atoms. The Balaban J connectivity index is 2.30. The lowest BCUT2D eigenvalue weighted by Gasteiger charge is -2.27. The Morgan fingerprint density at radius 2 is 2.18 bits per heavy atom. The molecule has 0 saturated heterocycles. The normalized spacial score (nSPS) is 49.8. The maximum absolute atomic E-state index is 11.4. The van der Waals surface area contributed by atoms with Crippen molar-refractivity contribution in [2.75, 3.05) is 0 Å². The molecular weight excluding hydrogens is 136 g/mol. The molecule has 0 aromatic rings. The maximum atomic E-state index is 11.4. The van der Waals surface area contributed by atoms with E-state index in [1.807, 2.05) is 0 Å². The largest absolute Gasteiger partial charge is 0.299 e. The molecule has 2 fully saturated rings. The summed E-state index contributed by atoms with van der Waals surface area (Å²) in [5.74, 6) is 1.74. The molecule has 1 nitrogen and oxygen atoms in total. The molecule has 0 radical (unpaired) electrons. The molecule has 2 aliphatic rings. The minimum atomic E-state index is 0.386. The van der Waals surface area contributed by atoms with Crippen molar-refractivity contribution in [2.45, 2.75) is 39.5 Å². The van der Waals surface area contributed by atoms with Gasteiger partial charge in [-0.15, -0.1) is 0 Å². The minimum absolute atomic E-state index is 0.386. The molecule has 3 atom stereocenters. The van der Waals surface area contributed by atoms with Crippen molar-refractivity contribution >= 4 is 5.78 Å². The molecule has 1 heteroatoms. The van der Waals surface area contributed by atoms with Crippen LogP contribution in [0.4, 0.5) is 0 Å². The topological polar surface area (TPSA) is 17.1 Å². The second kappa shape index (κ2) is 2.09. The predicted octanol–water partition coefficient (Wildman–Crippen LogP) is 2.40. The first-order valence-electron chi connectivity index (χ1n) is 4.67. The van der Waals surface area contributed by atoms with Gasteiger partial charge in [-0.1, -0.05) is 13.8 Å². The summed E-state index contributed by atoms with van der Waals surface area (Å²) in [6, 6.07) is 0. The minimum Gasteiger partial charge on any atom is -0.299 e. The van der Waals surface area contributed by atoms with Crippen LogP contribution in [0.5, 0.6) is 0 Å². The van der Waals surface area contributed by atoms with Crippen LogP contribution in [-0.2, 0) is 4.79 Å². The Morgan fingerprint density at radius 3 is 2.82 bits per heavy atom. The van der Waals surface area contributed by atoms with Crippen LogP contribution in [-0.4, -0.2) is 5.78 Å². The first kappa shape index (κ1) is 7.33. The van der Waals surface area contributed by atoms with Gasteiger partial charge in [0.25, 0.3) is 0 Å². The standard InChI is InChI=1S/C10H16O/c1-7-3-4-8-9(11)5-6-10(7,8)2/h7-8H,3-6H2,1-2H3/t7-,8?,10-/m1/s1. The van der Waals surface area contributed by atoms with Crippen molar-refractivity contribution in [3.63, 3.8) is 0 Å². The van der Waals surface area contributed by atoms with E-state index in [1.54, 1.807) is 0 Å². The lowest BCUT2D eigenvalue weighted by molar-refractivity contribution is -0.121. The van der Waals surface area contributed by atoms with Crippen molar-refractivity contribution in [3.05, 3.63) is 0 Å². The highest BCUT2D eigenvalue weighted by molar-refractivity contribution is 5.84. The summed E-state index contributed by atoms with van der Waals surface area (Å²) < 4.78 is 0. The molecule has 2 saturated carbocycles. The van der Waals surface area contributed by atoms with Crippen LogP contribution in [0.3, 0.4) is 0 Å². The molecule has 0 bridgehead atoms. The number of Topliss-reactive ketones (excluding diaryl/α,β-unsaturated/α-hetero) is 1. The SMILES string of the molecule is C[C@@H]1CCC2C(=O)CC[C@@]21C. The van der Waals surface area contributed by atoms with Gasteiger partial charge in [0.05, 0.1) is 0 Å². The molecule has 1 unspecified atom stereocenters. The van der Waals surface area contributed by atoms with Crippen LogP contribution >= 0.6 is 0 Å².